The normalized spacial score (nSPS) is 14.0. The molecule has 2 N–H and O–H groups in total. The van der Waals surface area contributed by atoms with Crippen molar-refractivity contribution in [2.45, 2.75) is 11.4 Å². The average molecular weight is 611 g/mol. The second kappa shape index (κ2) is 12.3. The summed E-state index contributed by atoms with van der Waals surface area (Å²) in [5.74, 6) is 0.453. The minimum atomic E-state index is -4.21. The molecule has 0 unspecified atom stereocenters. The van der Waals surface area contributed by atoms with Crippen LogP contribution in [-0.2, 0) is 16.6 Å². The lowest BCUT2D eigenvalue weighted by Crippen LogP contribution is -2.49. The van der Waals surface area contributed by atoms with Gasteiger partial charge < -0.3 is 24.1 Å². The van der Waals surface area contributed by atoms with Crippen molar-refractivity contribution in [1.82, 2.24) is 14.8 Å². The lowest BCUT2D eigenvalue weighted by molar-refractivity contribution is 0.0626. The van der Waals surface area contributed by atoms with Gasteiger partial charge in [0.1, 0.15) is 11.4 Å². The van der Waals surface area contributed by atoms with E-state index in [0.717, 1.165) is 11.6 Å². The number of rotatable bonds is 9. The minimum Gasteiger partial charge on any atom is -0.493 e. The molecular formula is C30H31FN4O7S. The Morgan fingerprint density at radius 1 is 0.953 bits per heavy atom. The SMILES string of the molecule is COc1ccc(CN2CCN(C(=O)c3c[nH]c4ccc(S(=O)(=O)Nc5ccccc5F)cc4c3=O)CC2)c(OC)c1OC. The van der Waals surface area contributed by atoms with Crippen LogP contribution in [0.15, 0.2) is 70.5 Å². The number of carbonyl (C=O) groups excluding carboxylic acids is 1. The molecule has 2 heterocycles. The lowest BCUT2D eigenvalue weighted by atomic mass is 10.1. The van der Waals surface area contributed by atoms with Crippen LogP contribution < -0.4 is 24.4 Å². The van der Waals surface area contributed by atoms with Gasteiger partial charge in [-0.1, -0.05) is 18.2 Å². The number of para-hydroxylation sites is 1. The zero-order chi connectivity index (χ0) is 30.7. The molecule has 11 nitrogen and oxygen atoms in total. The third-order valence-corrected chi connectivity index (χ3v) is 8.71. The van der Waals surface area contributed by atoms with Crippen LogP contribution in [0.4, 0.5) is 10.1 Å². The van der Waals surface area contributed by atoms with Gasteiger partial charge >= 0.3 is 0 Å². The summed E-state index contributed by atoms with van der Waals surface area (Å²) < 4.78 is 58.6. The molecule has 0 atom stereocenters. The summed E-state index contributed by atoms with van der Waals surface area (Å²) in [5.41, 5.74) is 0.351. The van der Waals surface area contributed by atoms with Crippen molar-refractivity contribution in [2.24, 2.45) is 0 Å². The number of piperazine rings is 1. The van der Waals surface area contributed by atoms with Crippen LogP contribution in [0, 0.1) is 5.82 Å². The molecule has 3 aromatic carbocycles. The predicted octanol–water partition coefficient (Wildman–Crippen LogP) is 3.45. The van der Waals surface area contributed by atoms with E-state index in [2.05, 4.69) is 14.6 Å². The largest absolute Gasteiger partial charge is 0.493 e. The molecule has 4 aromatic rings. The zero-order valence-corrected chi connectivity index (χ0v) is 24.7. The number of carbonyl (C=O) groups is 1. The fourth-order valence-electron chi connectivity index (χ4n) is 5.08. The molecule has 0 bridgehead atoms. The Kier molecular flexibility index (Phi) is 8.55. The van der Waals surface area contributed by atoms with Gasteiger partial charge in [-0.2, -0.15) is 0 Å². The number of methoxy groups -OCH3 is 3. The number of fused-ring (bicyclic) bond motifs is 1. The third kappa shape index (κ3) is 5.99. The highest BCUT2D eigenvalue weighted by atomic mass is 32.2. The first-order valence-corrected chi connectivity index (χ1v) is 14.9. The standard InChI is InChI=1S/C30H31FN4O7S/c1-40-26-11-8-19(28(41-2)29(26)42-3)18-34-12-14-35(15-13-34)30(37)22-17-32-24-10-9-20(16-21(24)27(22)36)43(38,39)33-25-7-5-4-6-23(25)31/h4-11,16-17,33H,12-15,18H2,1-3H3,(H,32,36). The van der Waals surface area contributed by atoms with Crippen molar-refractivity contribution in [2.75, 3.05) is 52.2 Å². The van der Waals surface area contributed by atoms with Gasteiger partial charge in [-0.25, -0.2) is 12.8 Å². The van der Waals surface area contributed by atoms with E-state index in [9.17, 15) is 22.4 Å². The molecule has 0 saturated carbocycles. The van der Waals surface area contributed by atoms with E-state index in [1.807, 2.05) is 12.1 Å². The smallest absolute Gasteiger partial charge is 0.262 e. The van der Waals surface area contributed by atoms with Gasteiger partial charge in [0.25, 0.3) is 15.9 Å². The number of nitrogens with one attached hydrogen (secondary N) is 2. The van der Waals surface area contributed by atoms with Gasteiger partial charge in [0.2, 0.25) is 11.2 Å². The molecule has 1 aromatic heterocycles. The van der Waals surface area contributed by atoms with Crippen molar-refractivity contribution in [3.05, 3.63) is 88.0 Å². The summed E-state index contributed by atoms with van der Waals surface area (Å²) in [6, 6.07) is 13.0. The summed E-state index contributed by atoms with van der Waals surface area (Å²) >= 11 is 0. The zero-order valence-electron chi connectivity index (χ0n) is 23.8. The second-order valence-electron chi connectivity index (χ2n) is 9.89. The fourth-order valence-corrected chi connectivity index (χ4v) is 6.17. The molecule has 0 spiro atoms. The highest BCUT2D eigenvalue weighted by Gasteiger charge is 2.26. The number of hydrogen-bond donors (Lipinski definition) is 2. The van der Waals surface area contributed by atoms with E-state index in [0.29, 0.717) is 55.5 Å². The van der Waals surface area contributed by atoms with E-state index in [4.69, 9.17) is 14.2 Å². The number of sulfonamides is 1. The Hall–Kier alpha value is -4.62. The number of H-pyrrole nitrogens is 1. The Morgan fingerprint density at radius 3 is 2.35 bits per heavy atom. The maximum atomic E-state index is 14.1. The molecule has 13 heteroatoms. The molecule has 0 aliphatic carbocycles. The van der Waals surface area contributed by atoms with Gasteiger partial charge in [-0.3, -0.25) is 19.2 Å². The summed E-state index contributed by atoms with van der Waals surface area (Å²) in [4.78, 5) is 33.3. The van der Waals surface area contributed by atoms with E-state index in [1.165, 1.54) is 42.6 Å². The minimum absolute atomic E-state index is 0.0291. The molecule has 0 radical (unpaired) electrons. The van der Waals surface area contributed by atoms with E-state index in [1.54, 1.807) is 26.2 Å². The van der Waals surface area contributed by atoms with Crippen molar-refractivity contribution >= 4 is 32.5 Å². The van der Waals surface area contributed by atoms with Crippen LogP contribution in [0.1, 0.15) is 15.9 Å². The number of aromatic nitrogens is 1. The van der Waals surface area contributed by atoms with Gasteiger partial charge in [0, 0.05) is 55.4 Å². The summed E-state index contributed by atoms with van der Waals surface area (Å²) in [6.07, 6.45) is 1.35. The van der Waals surface area contributed by atoms with Crippen molar-refractivity contribution in [3.63, 3.8) is 0 Å². The molecule has 226 valence electrons. The number of ether oxygens (including phenoxy) is 3. The number of hydrogen-bond acceptors (Lipinski definition) is 8. The highest BCUT2D eigenvalue weighted by molar-refractivity contribution is 7.92. The quantitative estimate of drug-likeness (QED) is 0.295. The number of anilines is 1. The molecule has 1 fully saturated rings. The van der Waals surface area contributed by atoms with Gasteiger partial charge in [-0.05, 0) is 36.4 Å². The number of pyridine rings is 1. The monoisotopic (exact) mass is 610 g/mol. The molecule has 1 aliphatic rings. The Labute approximate surface area is 247 Å². The van der Waals surface area contributed by atoms with E-state index < -0.39 is 27.2 Å². The van der Waals surface area contributed by atoms with Crippen LogP contribution in [0.3, 0.4) is 0 Å². The van der Waals surface area contributed by atoms with Gasteiger partial charge in [0.05, 0.1) is 31.9 Å². The molecule has 43 heavy (non-hydrogen) atoms. The van der Waals surface area contributed by atoms with Crippen molar-refractivity contribution < 1.29 is 31.8 Å². The Balaban J connectivity index is 1.32. The second-order valence-corrected chi connectivity index (χ2v) is 11.6. The van der Waals surface area contributed by atoms with E-state index in [-0.39, 0.29) is 21.5 Å². The number of benzene rings is 3. The molecular weight excluding hydrogens is 579 g/mol. The molecule has 1 aliphatic heterocycles. The fraction of sp³-hybridized carbons (Fsp3) is 0.267. The number of nitrogens with zero attached hydrogens (tertiary/aromatic N) is 2. The summed E-state index contributed by atoms with van der Waals surface area (Å²) in [5, 5.41) is 0.0291. The Morgan fingerprint density at radius 2 is 1.67 bits per heavy atom. The van der Waals surface area contributed by atoms with Crippen molar-refractivity contribution in [3.8, 4) is 17.2 Å². The van der Waals surface area contributed by atoms with Gasteiger partial charge in [0.15, 0.2) is 11.5 Å². The summed E-state index contributed by atoms with van der Waals surface area (Å²) in [7, 11) is 0.458. The Bertz CT molecular complexity index is 1840. The van der Waals surface area contributed by atoms with Gasteiger partial charge in [-0.15, -0.1) is 0 Å². The van der Waals surface area contributed by atoms with Crippen LogP contribution in [0.5, 0.6) is 17.2 Å². The highest BCUT2D eigenvalue weighted by Crippen LogP contribution is 2.40. The number of amides is 1. The molecule has 1 saturated heterocycles. The number of halogens is 1. The first-order chi connectivity index (χ1) is 20.7. The maximum Gasteiger partial charge on any atom is 0.262 e. The van der Waals surface area contributed by atoms with Crippen LogP contribution >= 0.6 is 0 Å². The first kappa shape index (κ1) is 29.9. The number of aromatic amines is 1. The average Bonchev–Trinajstić information content (AvgIpc) is 3.02. The van der Waals surface area contributed by atoms with E-state index >= 15 is 0 Å². The first-order valence-electron chi connectivity index (χ1n) is 13.4. The topological polar surface area (TPSA) is 130 Å². The maximum absolute atomic E-state index is 14.1. The van der Waals surface area contributed by atoms with Crippen LogP contribution in [-0.4, -0.2) is 76.6 Å². The third-order valence-electron chi connectivity index (χ3n) is 7.35. The lowest BCUT2D eigenvalue weighted by Gasteiger charge is -2.35. The van der Waals surface area contributed by atoms with Crippen LogP contribution in [0.25, 0.3) is 10.9 Å². The predicted molar refractivity (Wildman–Crippen MR) is 159 cm³/mol. The molecule has 5 rings (SSSR count). The summed E-state index contributed by atoms with van der Waals surface area (Å²) in [6.45, 7) is 2.43. The van der Waals surface area contributed by atoms with Crippen LogP contribution in [0.2, 0.25) is 0 Å². The molecule has 1 amide bonds. The van der Waals surface area contributed by atoms with Crippen molar-refractivity contribution in [1.29, 1.82) is 0 Å².